The average molecular weight is 282 g/mol. The van der Waals surface area contributed by atoms with Crippen LogP contribution in [-0.4, -0.2) is 48.6 Å². The maximum Gasteiger partial charge on any atom is 0.306 e. The Hall–Kier alpha value is -1.10. The van der Waals surface area contributed by atoms with Crippen molar-refractivity contribution in [2.24, 2.45) is 5.41 Å². The van der Waals surface area contributed by atoms with E-state index in [-0.39, 0.29) is 24.3 Å². The average Bonchev–Trinajstić information content (AvgIpc) is 3.13. The first kappa shape index (κ1) is 15.3. The number of methoxy groups -OCH3 is 1. The number of likely N-dealkylation sites (tertiary alicyclic amines) is 1. The second kappa shape index (κ2) is 5.72. The zero-order chi connectivity index (χ0) is 14.9. The summed E-state index contributed by atoms with van der Waals surface area (Å²) in [6, 6.07) is 1.47. The number of amides is 1. The molecule has 1 amide bonds. The van der Waals surface area contributed by atoms with Crippen LogP contribution in [0.25, 0.3) is 0 Å². The third kappa shape index (κ3) is 3.51. The lowest BCUT2D eigenvalue weighted by molar-refractivity contribution is -0.147. The normalized spacial score (nSPS) is 27.4. The summed E-state index contributed by atoms with van der Waals surface area (Å²) in [7, 11) is 1.35. The first-order valence-electron chi connectivity index (χ1n) is 7.47. The van der Waals surface area contributed by atoms with E-state index in [4.69, 9.17) is 0 Å². The van der Waals surface area contributed by atoms with Crippen LogP contribution in [0.2, 0.25) is 0 Å². The Morgan fingerprint density at radius 2 is 2.00 bits per heavy atom. The van der Waals surface area contributed by atoms with Gasteiger partial charge in [-0.25, -0.2) is 0 Å². The van der Waals surface area contributed by atoms with Gasteiger partial charge in [0.05, 0.1) is 18.9 Å². The van der Waals surface area contributed by atoms with Crippen molar-refractivity contribution < 1.29 is 14.3 Å². The molecule has 1 aliphatic carbocycles. The second-order valence-electron chi connectivity index (χ2n) is 6.82. The predicted octanol–water partition coefficient (Wildman–Crippen LogP) is 1.32. The molecular weight excluding hydrogens is 256 g/mol. The largest absolute Gasteiger partial charge is 0.469 e. The molecule has 2 fully saturated rings. The highest BCUT2D eigenvalue weighted by atomic mass is 16.5. The Labute approximate surface area is 121 Å². The fourth-order valence-electron chi connectivity index (χ4n) is 2.97. The summed E-state index contributed by atoms with van der Waals surface area (Å²) >= 11 is 0. The van der Waals surface area contributed by atoms with Gasteiger partial charge in [0, 0.05) is 24.7 Å². The monoisotopic (exact) mass is 282 g/mol. The standard InChI is InChI=1S/C15H26N2O3/c1-10-7-11(9-17(10)12-5-6-12)16-14(19)15(2,3)8-13(18)20-4/h10-12H,5-9H2,1-4H3,(H,16,19)/t10-,11+/m0/s1. The van der Waals surface area contributed by atoms with Crippen molar-refractivity contribution in [3.8, 4) is 0 Å². The van der Waals surface area contributed by atoms with E-state index >= 15 is 0 Å². The van der Waals surface area contributed by atoms with E-state index in [0.29, 0.717) is 6.04 Å². The van der Waals surface area contributed by atoms with Gasteiger partial charge in [0.25, 0.3) is 0 Å². The van der Waals surface area contributed by atoms with Crippen molar-refractivity contribution in [1.29, 1.82) is 0 Å². The SMILES string of the molecule is COC(=O)CC(C)(C)C(=O)N[C@@H]1C[C@H](C)N(C2CC2)C1. The number of nitrogens with zero attached hydrogens (tertiary/aromatic N) is 1. The van der Waals surface area contributed by atoms with E-state index in [9.17, 15) is 9.59 Å². The summed E-state index contributed by atoms with van der Waals surface area (Å²) in [6.45, 7) is 6.74. The number of rotatable bonds is 5. The smallest absolute Gasteiger partial charge is 0.306 e. The predicted molar refractivity (Wildman–Crippen MR) is 76.2 cm³/mol. The molecule has 1 aliphatic heterocycles. The van der Waals surface area contributed by atoms with E-state index in [1.807, 2.05) is 0 Å². The molecule has 114 valence electrons. The third-order valence-electron chi connectivity index (χ3n) is 4.40. The van der Waals surface area contributed by atoms with E-state index in [1.54, 1.807) is 13.8 Å². The minimum absolute atomic E-state index is 0.0576. The minimum Gasteiger partial charge on any atom is -0.469 e. The Bertz CT molecular complexity index is 391. The van der Waals surface area contributed by atoms with E-state index < -0.39 is 5.41 Å². The van der Waals surface area contributed by atoms with Crippen LogP contribution in [0.3, 0.4) is 0 Å². The molecule has 0 radical (unpaired) electrons. The number of hydrogen-bond donors (Lipinski definition) is 1. The van der Waals surface area contributed by atoms with Crippen molar-refractivity contribution in [2.45, 2.75) is 64.6 Å². The molecule has 0 aromatic carbocycles. The number of carbonyl (C=O) groups excluding carboxylic acids is 2. The molecule has 0 spiro atoms. The van der Waals surface area contributed by atoms with Gasteiger partial charge < -0.3 is 10.1 Å². The Kier molecular flexibility index (Phi) is 4.37. The van der Waals surface area contributed by atoms with Crippen LogP contribution in [0.15, 0.2) is 0 Å². The van der Waals surface area contributed by atoms with Gasteiger partial charge in [0.2, 0.25) is 5.91 Å². The van der Waals surface area contributed by atoms with Crippen LogP contribution in [-0.2, 0) is 14.3 Å². The number of carbonyl (C=O) groups is 2. The van der Waals surface area contributed by atoms with E-state index in [2.05, 4.69) is 21.9 Å². The zero-order valence-corrected chi connectivity index (χ0v) is 12.9. The number of hydrogen-bond acceptors (Lipinski definition) is 4. The number of esters is 1. The van der Waals surface area contributed by atoms with Crippen LogP contribution >= 0.6 is 0 Å². The molecule has 20 heavy (non-hydrogen) atoms. The summed E-state index contributed by atoms with van der Waals surface area (Å²) in [5.74, 6) is -0.401. The van der Waals surface area contributed by atoms with Crippen molar-refractivity contribution in [3.05, 3.63) is 0 Å². The van der Waals surface area contributed by atoms with Gasteiger partial charge in [-0.15, -0.1) is 0 Å². The van der Waals surface area contributed by atoms with E-state index in [1.165, 1.54) is 20.0 Å². The second-order valence-corrected chi connectivity index (χ2v) is 6.82. The van der Waals surface area contributed by atoms with Gasteiger partial charge >= 0.3 is 5.97 Å². The molecule has 0 bridgehead atoms. The van der Waals surface area contributed by atoms with Gasteiger partial charge in [-0.1, -0.05) is 13.8 Å². The Balaban J connectivity index is 1.86. The number of nitrogens with one attached hydrogen (secondary N) is 1. The summed E-state index contributed by atoms with van der Waals surface area (Å²) in [6.07, 6.45) is 3.69. The molecule has 1 saturated heterocycles. The number of ether oxygens (including phenoxy) is 1. The van der Waals surface area contributed by atoms with Crippen LogP contribution in [0.1, 0.15) is 46.5 Å². The van der Waals surface area contributed by atoms with Crippen molar-refractivity contribution in [3.63, 3.8) is 0 Å². The molecule has 0 unspecified atom stereocenters. The molecular formula is C15H26N2O3. The molecule has 2 atom stereocenters. The van der Waals surface area contributed by atoms with Crippen LogP contribution in [0.5, 0.6) is 0 Å². The lowest BCUT2D eigenvalue weighted by atomic mass is 9.88. The highest BCUT2D eigenvalue weighted by molar-refractivity contribution is 5.86. The molecule has 0 aromatic rings. The third-order valence-corrected chi connectivity index (χ3v) is 4.40. The molecule has 0 aromatic heterocycles. The molecule has 1 saturated carbocycles. The Morgan fingerprint density at radius 3 is 2.55 bits per heavy atom. The van der Waals surface area contributed by atoms with Gasteiger partial charge in [-0.05, 0) is 26.2 Å². The summed E-state index contributed by atoms with van der Waals surface area (Å²) in [5.41, 5.74) is -0.719. The molecule has 2 rings (SSSR count). The lowest BCUT2D eigenvalue weighted by Crippen LogP contribution is -2.45. The first-order valence-corrected chi connectivity index (χ1v) is 7.47. The van der Waals surface area contributed by atoms with Gasteiger partial charge in [0.15, 0.2) is 0 Å². The van der Waals surface area contributed by atoms with Gasteiger partial charge in [-0.2, -0.15) is 0 Å². The molecule has 5 nitrogen and oxygen atoms in total. The molecule has 2 aliphatic rings. The summed E-state index contributed by atoms with van der Waals surface area (Å²) < 4.78 is 4.65. The van der Waals surface area contributed by atoms with Gasteiger partial charge in [0.1, 0.15) is 0 Å². The fraction of sp³-hybridized carbons (Fsp3) is 0.867. The maximum absolute atomic E-state index is 12.3. The van der Waals surface area contributed by atoms with E-state index in [0.717, 1.165) is 19.0 Å². The summed E-state index contributed by atoms with van der Waals surface area (Å²) in [5, 5.41) is 3.10. The van der Waals surface area contributed by atoms with Gasteiger partial charge in [-0.3, -0.25) is 14.5 Å². The minimum atomic E-state index is -0.719. The topological polar surface area (TPSA) is 58.6 Å². The van der Waals surface area contributed by atoms with Crippen molar-refractivity contribution >= 4 is 11.9 Å². The van der Waals surface area contributed by atoms with Crippen LogP contribution < -0.4 is 5.32 Å². The lowest BCUT2D eigenvalue weighted by Gasteiger charge is -2.25. The van der Waals surface area contributed by atoms with Crippen LogP contribution in [0.4, 0.5) is 0 Å². The summed E-state index contributed by atoms with van der Waals surface area (Å²) in [4.78, 5) is 26.2. The van der Waals surface area contributed by atoms with Crippen molar-refractivity contribution in [1.82, 2.24) is 10.2 Å². The quantitative estimate of drug-likeness (QED) is 0.773. The Morgan fingerprint density at radius 1 is 1.35 bits per heavy atom. The first-order chi connectivity index (χ1) is 9.33. The molecule has 1 heterocycles. The maximum atomic E-state index is 12.3. The highest BCUT2D eigenvalue weighted by Crippen LogP contribution is 2.33. The van der Waals surface area contributed by atoms with Crippen molar-refractivity contribution in [2.75, 3.05) is 13.7 Å². The highest BCUT2D eigenvalue weighted by Gasteiger charge is 2.40. The molecule has 1 N–H and O–H groups in total. The van der Waals surface area contributed by atoms with Crippen LogP contribution in [0, 0.1) is 5.41 Å². The zero-order valence-electron chi connectivity index (χ0n) is 12.9. The fourth-order valence-corrected chi connectivity index (χ4v) is 2.97. The molecule has 5 heteroatoms.